The van der Waals surface area contributed by atoms with E-state index >= 15 is 0 Å². The number of nitrogens with zero attached hydrogens (tertiary/aromatic N) is 1. The first-order valence-electron chi connectivity index (χ1n) is 9.00. The molecule has 28 heavy (non-hydrogen) atoms. The van der Waals surface area contributed by atoms with Crippen molar-refractivity contribution in [2.24, 2.45) is 5.92 Å². The zero-order valence-electron chi connectivity index (χ0n) is 15.8. The lowest BCUT2D eigenvalue weighted by Gasteiger charge is -2.30. The summed E-state index contributed by atoms with van der Waals surface area (Å²) in [4.78, 5) is 23.9. The maximum atomic E-state index is 12.7. The zero-order valence-corrected chi connectivity index (χ0v) is 17.4. The van der Waals surface area contributed by atoms with Crippen molar-refractivity contribution in [3.05, 3.63) is 41.3 Å². The van der Waals surface area contributed by atoms with Crippen LogP contribution in [-0.4, -0.2) is 37.6 Å². The summed E-state index contributed by atoms with van der Waals surface area (Å²) in [5, 5.41) is 7.36. The summed E-state index contributed by atoms with van der Waals surface area (Å²) >= 11 is 1.20. The summed E-state index contributed by atoms with van der Waals surface area (Å²) in [6.45, 7) is 3.95. The van der Waals surface area contributed by atoms with Crippen LogP contribution in [0.3, 0.4) is 0 Å². The molecular weight excluding hydrogens is 398 g/mol. The van der Waals surface area contributed by atoms with Crippen LogP contribution in [0.2, 0.25) is 0 Å². The maximum Gasteiger partial charge on any atom is 0.252 e. The number of carbonyl (C=O) groups excluding carboxylic acids is 2. The first kappa shape index (κ1) is 20.5. The van der Waals surface area contributed by atoms with Crippen molar-refractivity contribution in [1.82, 2.24) is 4.31 Å². The van der Waals surface area contributed by atoms with Crippen molar-refractivity contribution in [1.29, 1.82) is 0 Å². The van der Waals surface area contributed by atoms with Gasteiger partial charge in [-0.05, 0) is 48.9 Å². The van der Waals surface area contributed by atoms with Crippen molar-refractivity contribution >= 4 is 44.5 Å². The zero-order chi connectivity index (χ0) is 20.3. The fourth-order valence-electron chi connectivity index (χ4n) is 3.17. The Morgan fingerprint density at radius 1 is 1.14 bits per heavy atom. The number of sulfonamides is 1. The highest BCUT2D eigenvalue weighted by atomic mass is 32.2. The molecular formula is C19H23N3O4S2. The molecule has 9 heteroatoms. The van der Waals surface area contributed by atoms with Crippen LogP contribution in [0.4, 0.5) is 11.4 Å². The first-order valence-corrected chi connectivity index (χ1v) is 11.3. The standard InChI is InChI=1S/C19H23N3O4S2/c1-13-5-6-16(20-14(2)23)12-17(13)21-19(24)15-7-9-22(10-8-15)28(25,26)18-4-3-11-27-18/h3-6,11-12,15H,7-10H2,1-2H3,(H,20,23)(H,21,24). The fourth-order valence-corrected chi connectivity index (χ4v) is 5.78. The van der Waals surface area contributed by atoms with Gasteiger partial charge in [-0.25, -0.2) is 8.42 Å². The van der Waals surface area contributed by atoms with Crippen LogP contribution in [0.1, 0.15) is 25.3 Å². The molecule has 2 aromatic rings. The van der Waals surface area contributed by atoms with Gasteiger partial charge in [0.15, 0.2) is 0 Å². The molecule has 0 aliphatic carbocycles. The lowest BCUT2D eigenvalue weighted by molar-refractivity contribution is -0.121. The molecule has 0 atom stereocenters. The third-order valence-electron chi connectivity index (χ3n) is 4.73. The fraction of sp³-hybridized carbons (Fsp3) is 0.368. The largest absolute Gasteiger partial charge is 0.326 e. The molecule has 0 spiro atoms. The topological polar surface area (TPSA) is 95.6 Å². The molecule has 0 unspecified atom stereocenters. The Bertz CT molecular complexity index is 963. The number of hydrogen-bond acceptors (Lipinski definition) is 5. The van der Waals surface area contributed by atoms with Gasteiger partial charge < -0.3 is 10.6 Å². The minimum Gasteiger partial charge on any atom is -0.326 e. The smallest absolute Gasteiger partial charge is 0.252 e. The number of aryl methyl sites for hydroxylation is 1. The van der Waals surface area contributed by atoms with Crippen molar-refractivity contribution in [2.45, 2.75) is 30.9 Å². The molecule has 1 fully saturated rings. The van der Waals surface area contributed by atoms with E-state index in [0.29, 0.717) is 41.5 Å². The predicted molar refractivity (Wildman–Crippen MR) is 110 cm³/mol. The number of carbonyl (C=O) groups is 2. The molecule has 2 amide bonds. The van der Waals surface area contributed by atoms with Crippen molar-refractivity contribution in [3.8, 4) is 0 Å². The molecule has 150 valence electrons. The van der Waals surface area contributed by atoms with Gasteiger partial charge in [-0.15, -0.1) is 11.3 Å². The van der Waals surface area contributed by atoms with Crippen LogP contribution < -0.4 is 10.6 Å². The number of benzene rings is 1. The van der Waals surface area contributed by atoms with Gasteiger partial charge in [0.05, 0.1) is 0 Å². The summed E-state index contributed by atoms with van der Waals surface area (Å²) in [5.41, 5.74) is 2.15. The second kappa shape index (κ2) is 8.42. The van der Waals surface area contributed by atoms with Gasteiger partial charge in [0.2, 0.25) is 11.8 Å². The van der Waals surface area contributed by atoms with Crippen LogP contribution in [0.15, 0.2) is 39.9 Å². The summed E-state index contributed by atoms with van der Waals surface area (Å²) in [5.74, 6) is -0.560. The molecule has 2 heterocycles. The van der Waals surface area contributed by atoms with E-state index in [1.807, 2.05) is 13.0 Å². The van der Waals surface area contributed by atoms with E-state index in [9.17, 15) is 18.0 Å². The van der Waals surface area contributed by atoms with Gasteiger partial charge in [0, 0.05) is 37.3 Å². The molecule has 1 aromatic carbocycles. The van der Waals surface area contributed by atoms with Gasteiger partial charge >= 0.3 is 0 Å². The van der Waals surface area contributed by atoms with Crippen LogP contribution in [0.5, 0.6) is 0 Å². The Morgan fingerprint density at radius 3 is 2.46 bits per heavy atom. The SMILES string of the molecule is CC(=O)Nc1ccc(C)c(NC(=O)C2CCN(S(=O)(=O)c3cccs3)CC2)c1. The Hall–Kier alpha value is -2.23. The molecule has 1 aliphatic heterocycles. The van der Waals surface area contributed by atoms with Crippen molar-refractivity contribution in [2.75, 3.05) is 23.7 Å². The lowest BCUT2D eigenvalue weighted by Crippen LogP contribution is -2.41. The second-order valence-corrected chi connectivity index (χ2v) is 9.92. The van der Waals surface area contributed by atoms with Gasteiger partial charge in [0.25, 0.3) is 10.0 Å². The monoisotopic (exact) mass is 421 g/mol. The molecule has 0 bridgehead atoms. The number of nitrogens with one attached hydrogen (secondary N) is 2. The highest BCUT2D eigenvalue weighted by molar-refractivity contribution is 7.91. The highest BCUT2D eigenvalue weighted by Gasteiger charge is 2.32. The molecule has 3 rings (SSSR count). The van der Waals surface area contributed by atoms with E-state index in [1.54, 1.807) is 29.6 Å². The predicted octanol–water partition coefficient (Wildman–Crippen LogP) is 3.05. The van der Waals surface area contributed by atoms with Crippen LogP contribution in [-0.2, 0) is 19.6 Å². The molecule has 0 saturated carbocycles. The Morgan fingerprint density at radius 2 is 1.86 bits per heavy atom. The van der Waals surface area contributed by atoms with E-state index in [-0.39, 0.29) is 17.7 Å². The van der Waals surface area contributed by atoms with Crippen LogP contribution in [0, 0.1) is 12.8 Å². The average molecular weight is 422 g/mol. The van der Waals surface area contributed by atoms with Crippen LogP contribution in [0.25, 0.3) is 0 Å². The number of anilines is 2. The van der Waals surface area contributed by atoms with E-state index in [1.165, 1.54) is 22.6 Å². The Balaban J connectivity index is 1.62. The quantitative estimate of drug-likeness (QED) is 0.776. The lowest BCUT2D eigenvalue weighted by atomic mass is 9.97. The molecule has 1 saturated heterocycles. The summed E-state index contributed by atoms with van der Waals surface area (Å²) < 4.78 is 27.0. The molecule has 2 N–H and O–H groups in total. The third-order valence-corrected chi connectivity index (χ3v) is 8.00. The van der Waals surface area contributed by atoms with Crippen molar-refractivity contribution in [3.63, 3.8) is 0 Å². The van der Waals surface area contributed by atoms with E-state index < -0.39 is 10.0 Å². The third kappa shape index (κ3) is 4.60. The minimum absolute atomic E-state index is 0.128. The molecule has 1 aliphatic rings. The van der Waals surface area contributed by atoms with Gasteiger partial charge in [-0.1, -0.05) is 12.1 Å². The van der Waals surface area contributed by atoms with Crippen molar-refractivity contribution < 1.29 is 18.0 Å². The van der Waals surface area contributed by atoms with Gasteiger partial charge in [0.1, 0.15) is 4.21 Å². The molecule has 1 aromatic heterocycles. The molecule has 0 radical (unpaired) electrons. The van der Waals surface area contributed by atoms with Crippen LogP contribution >= 0.6 is 11.3 Å². The van der Waals surface area contributed by atoms with E-state index in [2.05, 4.69) is 10.6 Å². The Labute approximate surface area is 168 Å². The van der Waals surface area contributed by atoms with E-state index in [0.717, 1.165) is 5.56 Å². The Kier molecular flexibility index (Phi) is 6.17. The first-order chi connectivity index (χ1) is 13.3. The maximum absolute atomic E-state index is 12.7. The van der Waals surface area contributed by atoms with Gasteiger partial charge in [-0.2, -0.15) is 4.31 Å². The molecule has 7 nitrogen and oxygen atoms in total. The number of thiophene rings is 1. The normalized spacial score (nSPS) is 15.9. The number of hydrogen-bond donors (Lipinski definition) is 2. The van der Waals surface area contributed by atoms with E-state index in [4.69, 9.17) is 0 Å². The summed E-state index contributed by atoms with van der Waals surface area (Å²) in [6.07, 6.45) is 0.946. The second-order valence-electron chi connectivity index (χ2n) is 6.81. The van der Waals surface area contributed by atoms with Gasteiger partial charge in [-0.3, -0.25) is 9.59 Å². The summed E-state index contributed by atoms with van der Waals surface area (Å²) in [6, 6.07) is 8.65. The average Bonchev–Trinajstić information content (AvgIpc) is 3.20. The minimum atomic E-state index is -3.47. The number of piperidine rings is 1. The summed E-state index contributed by atoms with van der Waals surface area (Å²) in [7, 11) is -3.47. The number of rotatable bonds is 5. The highest BCUT2D eigenvalue weighted by Crippen LogP contribution is 2.28. The number of amides is 2.